The van der Waals surface area contributed by atoms with Crippen LogP contribution in [0.5, 0.6) is 0 Å². The van der Waals surface area contributed by atoms with E-state index in [9.17, 15) is 8.42 Å². The molecule has 0 aromatic heterocycles. The third kappa shape index (κ3) is 2.44. The molecule has 0 amide bonds. The second-order valence-electron chi connectivity index (χ2n) is 4.90. The Morgan fingerprint density at radius 1 is 1.38 bits per heavy atom. The van der Waals surface area contributed by atoms with Crippen molar-refractivity contribution in [2.24, 2.45) is 5.73 Å². The lowest BCUT2D eigenvalue weighted by molar-refractivity contribution is 0.601. The second kappa shape index (κ2) is 3.57. The van der Waals surface area contributed by atoms with Gasteiger partial charge in [-0.1, -0.05) is 6.07 Å². The minimum Gasteiger partial charge on any atom is -0.325 e. The van der Waals surface area contributed by atoms with E-state index in [0.717, 1.165) is 30.4 Å². The lowest BCUT2D eigenvalue weighted by atomic mass is 10.0. The maximum Gasteiger partial charge on any atom is 0.175 e. The summed E-state index contributed by atoms with van der Waals surface area (Å²) in [5, 5.41) is 0. The highest BCUT2D eigenvalue weighted by atomic mass is 32.2. The van der Waals surface area contributed by atoms with Crippen molar-refractivity contribution in [1.82, 2.24) is 0 Å². The number of benzene rings is 1. The Morgan fingerprint density at radius 3 is 2.44 bits per heavy atom. The van der Waals surface area contributed by atoms with Crippen molar-refractivity contribution < 1.29 is 8.42 Å². The summed E-state index contributed by atoms with van der Waals surface area (Å²) in [6, 6.07) is 5.29. The van der Waals surface area contributed by atoms with Gasteiger partial charge in [-0.05, 0) is 49.4 Å². The zero-order chi connectivity index (χ0) is 12.0. The lowest BCUT2D eigenvalue weighted by Crippen LogP contribution is -2.24. The van der Waals surface area contributed by atoms with E-state index >= 15 is 0 Å². The summed E-state index contributed by atoms with van der Waals surface area (Å²) in [5.41, 5.74) is 8.20. The highest BCUT2D eigenvalue weighted by molar-refractivity contribution is 7.90. The fraction of sp³-hybridized carbons (Fsp3) is 0.500. The van der Waals surface area contributed by atoms with E-state index in [1.807, 2.05) is 13.0 Å². The van der Waals surface area contributed by atoms with Gasteiger partial charge >= 0.3 is 0 Å². The smallest absolute Gasteiger partial charge is 0.175 e. The molecule has 2 N–H and O–H groups in total. The number of hydrogen-bond acceptors (Lipinski definition) is 3. The van der Waals surface area contributed by atoms with Gasteiger partial charge in [0.2, 0.25) is 0 Å². The highest BCUT2D eigenvalue weighted by Gasteiger charge is 2.38. The summed E-state index contributed by atoms with van der Waals surface area (Å²) in [7, 11) is -3.10. The third-order valence-electron chi connectivity index (χ3n) is 3.18. The molecule has 0 heterocycles. The van der Waals surface area contributed by atoms with Crippen LogP contribution in [0.3, 0.4) is 0 Å². The molecule has 0 unspecified atom stereocenters. The van der Waals surface area contributed by atoms with E-state index in [4.69, 9.17) is 5.73 Å². The molecule has 0 bridgehead atoms. The summed E-state index contributed by atoms with van der Waals surface area (Å²) in [6.07, 6.45) is 4.22. The fourth-order valence-electron chi connectivity index (χ4n) is 1.81. The van der Waals surface area contributed by atoms with E-state index in [1.54, 1.807) is 12.1 Å². The molecule has 1 fully saturated rings. The number of nitrogens with two attached hydrogens (primary N) is 1. The average molecular weight is 239 g/mol. The van der Waals surface area contributed by atoms with Gasteiger partial charge in [0.1, 0.15) is 0 Å². The monoisotopic (exact) mass is 239 g/mol. The van der Waals surface area contributed by atoms with Crippen molar-refractivity contribution in [3.63, 3.8) is 0 Å². The Bertz CT molecular complexity index is 516. The highest BCUT2D eigenvalue weighted by Crippen LogP contribution is 2.36. The van der Waals surface area contributed by atoms with E-state index in [1.165, 1.54) is 6.26 Å². The molecule has 16 heavy (non-hydrogen) atoms. The molecule has 0 saturated heterocycles. The van der Waals surface area contributed by atoms with Crippen molar-refractivity contribution in [2.75, 3.05) is 6.26 Å². The standard InChI is InChI=1S/C12H17NO2S/c1-9-7-11(16(2,14)15)4-3-10(9)8-12(13)5-6-12/h3-4,7H,5-6,8,13H2,1-2H3. The SMILES string of the molecule is Cc1cc(S(C)(=O)=O)ccc1CC1(N)CC1. The van der Waals surface area contributed by atoms with E-state index in [2.05, 4.69) is 0 Å². The first kappa shape index (κ1) is 11.6. The van der Waals surface area contributed by atoms with E-state index in [0.29, 0.717) is 4.90 Å². The van der Waals surface area contributed by atoms with Gasteiger partial charge in [0.25, 0.3) is 0 Å². The van der Waals surface area contributed by atoms with Crippen molar-refractivity contribution in [3.05, 3.63) is 29.3 Å². The van der Waals surface area contributed by atoms with Gasteiger partial charge in [-0.2, -0.15) is 0 Å². The van der Waals surface area contributed by atoms with Gasteiger partial charge in [-0.25, -0.2) is 8.42 Å². The molecular formula is C12H17NO2S. The van der Waals surface area contributed by atoms with Crippen LogP contribution in [0.15, 0.2) is 23.1 Å². The van der Waals surface area contributed by atoms with Crippen LogP contribution in [-0.2, 0) is 16.3 Å². The maximum absolute atomic E-state index is 11.4. The van der Waals surface area contributed by atoms with Crippen LogP contribution >= 0.6 is 0 Å². The van der Waals surface area contributed by atoms with Gasteiger partial charge in [-0.15, -0.1) is 0 Å². The van der Waals surface area contributed by atoms with Crippen molar-refractivity contribution >= 4 is 9.84 Å². The molecule has 1 aromatic rings. The number of rotatable bonds is 3. The minimum absolute atomic E-state index is 0.0304. The van der Waals surface area contributed by atoms with Gasteiger partial charge in [-0.3, -0.25) is 0 Å². The largest absolute Gasteiger partial charge is 0.325 e. The Balaban J connectivity index is 2.30. The first-order valence-corrected chi connectivity index (χ1v) is 7.28. The van der Waals surface area contributed by atoms with Crippen LogP contribution in [0.25, 0.3) is 0 Å². The van der Waals surface area contributed by atoms with Crippen molar-refractivity contribution in [1.29, 1.82) is 0 Å². The number of hydrogen-bond donors (Lipinski definition) is 1. The molecule has 0 spiro atoms. The zero-order valence-electron chi connectivity index (χ0n) is 9.66. The Labute approximate surface area is 96.6 Å². The summed E-state index contributed by atoms with van der Waals surface area (Å²) in [5.74, 6) is 0. The van der Waals surface area contributed by atoms with E-state index in [-0.39, 0.29) is 5.54 Å². The van der Waals surface area contributed by atoms with Crippen LogP contribution in [-0.4, -0.2) is 20.2 Å². The summed E-state index contributed by atoms with van der Waals surface area (Å²) >= 11 is 0. The van der Waals surface area contributed by atoms with Crippen LogP contribution in [0.4, 0.5) is 0 Å². The van der Waals surface area contributed by atoms with E-state index < -0.39 is 9.84 Å². The van der Waals surface area contributed by atoms with Crippen molar-refractivity contribution in [2.45, 2.75) is 36.6 Å². The lowest BCUT2D eigenvalue weighted by Gasteiger charge is -2.12. The summed E-state index contributed by atoms with van der Waals surface area (Å²) in [4.78, 5) is 0.385. The first-order chi connectivity index (χ1) is 7.30. The quantitative estimate of drug-likeness (QED) is 0.868. The molecule has 2 rings (SSSR count). The fourth-order valence-corrected chi connectivity index (χ4v) is 2.52. The topological polar surface area (TPSA) is 60.2 Å². The van der Waals surface area contributed by atoms with Gasteiger partial charge in [0, 0.05) is 11.8 Å². The van der Waals surface area contributed by atoms with Gasteiger partial charge < -0.3 is 5.73 Å². The normalized spacial score (nSPS) is 18.4. The maximum atomic E-state index is 11.4. The minimum atomic E-state index is -3.10. The van der Waals surface area contributed by atoms with Crippen LogP contribution in [0, 0.1) is 6.92 Å². The van der Waals surface area contributed by atoms with Gasteiger partial charge in [0.15, 0.2) is 9.84 Å². The molecule has 4 heteroatoms. The molecule has 1 saturated carbocycles. The summed E-state index contributed by atoms with van der Waals surface area (Å²) in [6.45, 7) is 1.94. The molecule has 0 atom stereocenters. The average Bonchev–Trinajstić information content (AvgIpc) is 2.86. The second-order valence-corrected chi connectivity index (χ2v) is 6.92. The first-order valence-electron chi connectivity index (χ1n) is 5.39. The third-order valence-corrected chi connectivity index (χ3v) is 4.29. The molecule has 88 valence electrons. The van der Waals surface area contributed by atoms with Crippen LogP contribution in [0.1, 0.15) is 24.0 Å². The molecule has 1 aliphatic rings. The Hall–Kier alpha value is -0.870. The molecule has 0 radical (unpaired) electrons. The zero-order valence-corrected chi connectivity index (χ0v) is 10.5. The number of aryl methyl sites for hydroxylation is 1. The summed E-state index contributed by atoms with van der Waals surface area (Å²) < 4.78 is 22.7. The predicted octanol–water partition coefficient (Wildman–Crippen LogP) is 1.43. The Morgan fingerprint density at radius 2 is 2.00 bits per heavy atom. The van der Waals surface area contributed by atoms with Crippen LogP contribution < -0.4 is 5.73 Å². The predicted molar refractivity (Wildman–Crippen MR) is 64.1 cm³/mol. The molecule has 0 aliphatic heterocycles. The Kier molecular flexibility index (Phi) is 2.59. The molecule has 1 aliphatic carbocycles. The number of sulfone groups is 1. The molecule has 1 aromatic carbocycles. The molecular weight excluding hydrogens is 222 g/mol. The van der Waals surface area contributed by atoms with Crippen LogP contribution in [0.2, 0.25) is 0 Å². The molecule has 3 nitrogen and oxygen atoms in total. The van der Waals surface area contributed by atoms with Gasteiger partial charge in [0.05, 0.1) is 4.90 Å². The van der Waals surface area contributed by atoms with Crippen molar-refractivity contribution in [3.8, 4) is 0 Å².